The molecule has 2 aromatic carbocycles. The van der Waals surface area contributed by atoms with Crippen molar-refractivity contribution in [2.45, 2.75) is 19.8 Å². The van der Waals surface area contributed by atoms with Crippen LogP contribution >= 0.6 is 11.6 Å². The number of amides is 1. The molecule has 23 heavy (non-hydrogen) atoms. The molecule has 0 radical (unpaired) electrons. The van der Waals surface area contributed by atoms with Gasteiger partial charge in [-0.15, -0.1) is 0 Å². The Labute approximate surface area is 140 Å². The smallest absolute Gasteiger partial charge is 0.275 e. The van der Waals surface area contributed by atoms with E-state index in [0.29, 0.717) is 22.5 Å². The molecule has 0 aliphatic carbocycles. The van der Waals surface area contributed by atoms with Crippen LogP contribution < -0.4 is 5.32 Å². The molecule has 0 fully saturated rings. The normalized spacial score (nSPS) is 15.9. The Balaban J connectivity index is 1.87. The molecule has 1 amide bonds. The molecule has 3 nitrogen and oxygen atoms in total. The van der Waals surface area contributed by atoms with Gasteiger partial charge in [0.15, 0.2) is 0 Å². The van der Waals surface area contributed by atoms with Gasteiger partial charge in [0.2, 0.25) is 0 Å². The van der Waals surface area contributed by atoms with Crippen LogP contribution in [-0.2, 0) is 4.79 Å². The van der Waals surface area contributed by atoms with Gasteiger partial charge in [-0.3, -0.25) is 4.79 Å². The van der Waals surface area contributed by atoms with Gasteiger partial charge in [0, 0.05) is 10.6 Å². The predicted octanol–water partition coefficient (Wildman–Crippen LogP) is 4.38. The molecule has 0 saturated heterocycles. The van der Waals surface area contributed by atoms with Crippen LogP contribution in [0, 0.1) is 0 Å². The molecule has 0 unspecified atom stereocenters. The molecule has 3 rings (SSSR count). The minimum atomic E-state index is -0.192. The van der Waals surface area contributed by atoms with Crippen molar-refractivity contribution in [1.29, 1.82) is 0 Å². The van der Waals surface area contributed by atoms with E-state index in [2.05, 4.69) is 36.3 Å². The summed E-state index contributed by atoms with van der Waals surface area (Å²) in [6.07, 6.45) is 1.79. The Bertz CT molecular complexity index is 787. The fourth-order valence-electron chi connectivity index (χ4n) is 2.35. The third kappa shape index (κ3) is 3.51. The minimum Gasteiger partial charge on any atom is -0.305 e. The molecular weight excluding hydrogens is 308 g/mol. The number of rotatable bonds is 3. The second-order valence-corrected chi connectivity index (χ2v) is 6.21. The summed E-state index contributed by atoms with van der Waals surface area (Å²) in [6, 6.07) is 15.4. The maximum Gasteiger partial charge on any atom is 0.275 e. The number of nitrogens with one attached hydrogen (secondary N) is 1. The molecule has 1 N–H and O–H groups in total. The molecule has 116 valence electrons. The molecule has 0 bridgehead atoms. The lowest BCUT2D eigenvalue weighted by atomic mass is 10.0. The Morgan fingerprint density at radius 3 is 2.30 bits per heavy atom. The zero-order chi connectivity index (χ0) is 16.4. The Morgan fingerprint density at radius 2 is 1.70 bits per heavy atom. The Kier molecular flexibility index (Phi) is 4.30. The van der Waals surface area contributed by atoms with Gasteiger partial charge >= 0.3 is 0 Å². The van der Waals surface area contributed by atoms with E-state index in [1.807, 2.05) is 24.3 Å². The van der Waals surface area contributed by atoms with Gasteiger partial charge in [-0.1, -0.05) is 49.7 Å². The second kappa shape index (κ2) is 6.39. The number of hydrogen-bond acceptors (Lipinski definition) is 2. The van der Waals surface area contributed by atoms with E-state index >= 15 is 0 Å². The van der Waals surface area contributed by atoms with Crippen molar-refractivity contribution in [1.82, 2.24) is 5.32 Å². The highest BCUT2D eigenvalue weighted by atomic mass is 35.5. The standard InChI is InChI=1S/C19H17ClN2O/c1-12(2)14-5-3-13(4-6-14)11-17-19(23)22-18(21-17)15-7-9-16(20)10-8-15/h3-12H,1-2H3,(H,21,22,23)/b17-11+. The maximum atomic E-state index is 12.1. The van der Waals surface area contributed by atoms with Crippen molar-refractivity contribution < 1.29 is 4.79 Å². The third-order valence-electron chi connectivity index (χ3n) is 3.72. The Morgan fingerprint density at radius 1 is 1.04 bits per heavy atom. The third-order valence-corrected chi connectivity index (χ3v) is 3.97. The minimum absolute atomic E-state index is 0.192. The molecule has 0 atom stereocenters. The summed E-state index contributed by atoms with van der Waals surface area (Å²) in [5.41, 5.74) is 3.47. The van der Waals surface area contributed by atoms with Crippen LogP contribution in [0.4, 0.5) is 0 Å². The zero-order valence-electron chi connectivity index (χ0n) is 13.0. The number of benzene rings is 2. The topological polar surface area (TPSA) is 41.5 Å². The quantitative estimate of drug-likeness (QED) is 0.836. The average Bonchev–Trinajstić information content (AvgIpc) is 2.89. The summed E-state index contributed by atoms with van der Waals surface area (Å²) in [7, 11) is 0. The molecule has 1 aliphatic heterocycles. The van der Waals surface area contributed by atoms with Crippen LogP contribution in [-0.4, -0.2) is 11.7 Å². The van der Waals surface area contributed by atoms with Crippen molar-refractivity contribution in [3.63, 3.8) is 0 Å². The van der Waals surface area contributed by atoms with E-state index in [1.165, 1.54) is 5.56 Å². The number of halogens is 1. The van der Waals surface area contributed by atoms with Crippen LogP contribution in [0.3, 0.4) is 0 Å². The summed E-state index contributed by atoms with van der Waals surface area (Å²) in [5, 5.41) is 3.44. The van der Waals surface area contributed by atoms with E-state index in [4.69, 9.17) is 11.6 Å². The molecule has 0 saturated carbocycles. The monoisotopic (exact) mass is 324 g/mol. The number of nitrogens with zero attached hydrogens (tertiary/aromatic N) is 1. The molecule has 1 heterocycles. The van der Waals surface area contributed by atoms with E-state index < -0.39 is 0 Å². The number of hydrogen-bond donors (Lipinski definition) is 1. The van der Waals surface area contributed by atoms with Gasteiger partial charge in [-0.2, -0.15) is 0 Å². The van der Waals surface area contributed by atoms with E-state index in [9.17, 15) is 4.79 Å². The van der Waals surface area contributed by atoms with Crippen LogP contribution in [0.1, 0.15) is 36.5 Å². The molecule has 0 spiro atoms. The lowest BCUT2D eigenvalue weighted by Crippen LogP contribution is -2.24. The largest absolute Gasteiger partial charge is 0.305 e. The molecular formula is C19H17ClN2O. The van der Waals surface area contributed by atoms with Crippen LogP contribution in [0.2, 0.25) is 5.02 Å². The first-order chi connectivity index (χ1) is 11.0. The number of carbonyl (C=O) groups is 1. The van der Waals surface area contributed by atoms with Crippen LogP contribution in [0.5, 0.6) is 0 Å². The highest BCUT2D eigenvalue weighted by molar-refractivity contribution is 6.30. The lowest BCUT2D eigenvalue weighted by molar-refractivity contribution is -0.115. The fourth-order valence-corrected chi connectivity index (χ4v) is 2.47. The summed E-state index contributed by atoms with van der Waals surface area (Å²) >= 11 is 5.88. The van der Waals surface area contributed by atoms with Crippen LogP contribution in [0.25, 0.3) is 6.08 Å². The van der Waals surface area contributed by atoms with E-state index in [-0.39, 0.29) is 5.91 Å². The maximum absolute atomic E-state index is 12.1. The zero-order valence-corrected chi connectivity index (χ0v) is 13.8. The fraction of sp³-hybridized carbons (Fsp3) is 0.158. The highest BCUT2D eigenvalue weighted by Gasteiger charge is 2.20. The van der Waals surface area contributed by atoms with Crippen molar-refractivity contribution in [3.05, 3.63) is 75.9 Å². The lowest BCUT2D eigenvalue weighted by Gasteiger charge is -2.04. The van der Waals surface area contributed by atoms with Crippen molar-refractivity contribution in [2.24, 2.45) is 4.99 Å². The Hall–Kier alpha value is -2.39. The first-order valence-corrected chi connectivity index (χ1v) is 7.88. The summed E-state index contributed by atoms with van der Waals surface area (Å²) in [4.78, 5) is 16.5. The van der Waals surface area contributed by atoms with E-state index in [1.54, 1.807) is 18.2 Å². The van der Waals surface area contributed by atoms with Gasteiger partial charge in [-0.25, -0.2) is 4.99 Å². The van der Waals surface area contributed by atoms with Gasteiger partial charge in [0.05, 0.1) is 0 Å². The van der Waals surface area contributed by atoms with E-state index in [0.717, 1.165) is 11.1 Å². The van der Waals surface area contributed by atoms with Gasteiger partial charge in [-0.05, 0) is 47.4 Å². The highest BCUT2D eigenvalue weighted by Crippen LogP contribution is 2.19. The van der Waals surface area contributed by atoms with Crippen molar-refractivity contribution in [3.8, 4) is 0 Å². The number of aliphatic imine (C=N–C) groups is 1. The van der Waals surface area contributed by atoms with Gasteiger partial charge in [0.25, 0.3) is 5.91 Å². The molecule has 4 heteroatoms. The second-order valence-electron chi connectivity index (χ2n) is 5.77. The van der Waals surface area contributed by atoms with Gasteiger partial charge < -0.3 is 5.32 Å². The summed E-state index contributed by atoms with van der Waals surface area (Å²) < 4.78 is 0. The van der Waals surface area contributed by atoms with Crippen molar-refractivity contribution in [2.75, 3.05) is 0 Å². The summed E-state index contributed by atoms with van der Waals surface area (Å²) in [5.74, 6) is 0.848. The molecule has 0 aromatic heterocycles. The first kappa shape index (κ1) is 15.5. The molecule has 2 aromatic rings. The first-order valence-electron chi connectivity index (χ1n) is 7.50. The number of amidine groups is 1. The van der Waals surface area contributed by atoms with Crippen LogP contribution in [0.15, 0.2) is 59.2 Å². The molecule has 1 aliphatic rings. The SMILES string of the molecule is CC(C)c1ccc(/C=C2/N=C(c3ccc(Cl)cc3)NC2=O)cc1. The summed E-state index contributed by atoms with van der Waals surface area (Å²) in [6.45, 7) is 4.31. The van der Waals surface area contributed by atoms with Crippen molar-refractivity contribution >= 4 is 29.4 Å². The number of carbonyl (C=O) groups excluding carboxylic acids is 1. The predicted molar refractivity (Wildman–Crippen MR) is 94.6 cm³/mol. The van der Waals surface area contributed by atoms with Gasteiger partial charge in [0.1, 0.15) is 11.5 Å². The average molecular weight is 325 g/mol.